The predicted molar refractivity (Wildman–Crippen MR) is 180 cm³/mol. The Hall–Kier alpha value is -5.57. The lowest BCUT2D eigenvalue weighted by atomic mass is 10.00. The molecule has 0 bridgehead atoms. The number of likely N-dealkylation sites (tertiary alicyclic amines) is 1. The van der Waals surface area contributed by atoms with Crippen LogP contribution in [-0.4, -0.2) is 87.6 Å². The van der Waals surface area contributed by atoms with Crippen LogP contribution in [0.4, 0.5) is 9.18 Å². The number of carbonyl (C=O) groups is 4. The van der Waals surface area contributed by atoms with Crippen LogP contribution in [0.15, 0.2) is 72.8 Å². The zero-order valence-electron chi connectivity index (χ0n) is 28.3. The summed E-state index contributed by atoms with van der Waals surface area (Å²) in [5.41, 5.74) is -0.187. The first-order valence-corrected chi connectivity index (χ1v) is 16.0. The summed E-state index contributed by atoms with van der Waals surface area (Å²) in [6.45, 7) is -0.613. The molecule has 0 radical (unpaired) electrons. The molecule has 2 N–H and O–H groups in total. The van der Waals surface area contributed by atoms with Crippen molar-refractivity contribution in [1.82, 2.24) is 5.32 Å². The van der Waals surface area contributed by atoms with Crippen molar-refractivity contribution in [2.45, 2.75) is 25.3 Å². The van der Waals surface area contributed by atoms with Gasteiger partial charge in [0, 0.05) is 26.2 Å². The monoisotopic (exact) mass is 705 g/mol. The van der Waals surface area contributed by atoms with Crippen LogP contribution in [0.1, 0.15) is 55.9 Å². The number of ketones is 1. The summed E-state index contributed by atoms with van der Waals surface area (Å²) in [5.74, 6) is -3.09. The molecular formula is C37H38FN2O11+. The van der Waals surface area contributed by atoms with Crippen molar-refractivity contribution < 1.29 is 61.8 Å². The van der Waals surface area contributed by atoms with Crippen molar-refractivity contribution in [3.8, 4) is 17.2 Å². The highest BCUT2D eigenvalue weighted by atomic mass is 19.1. The van der Waals surface area contributed by atoms with Gasteiger partial charge in [0.2, 0.25) is 0 Å². The molecular weight excluding hydrogens is 667 g/mol. The van der Waals surface area contributed by atoms with E-state index in [2.05, 4.69) is 5.32 Å². The van der Waals surface area contributed by atoms with Gasteiger partial charge in [0.1, 0.15) is 23.6 Å². The lowest BCUT2D eigenvalue weighted by Crippen LogP contribution is -2.58. The number of amides is 2. The third-order valence-corrected chi connectivity index (χ3v) is 8.43. The standard InChI is InChI=1S/C37H37FN2O11/c1-46-21-49-29-15-16-30(48-3)33(38)32(29)34(41)23-11-13-24(14-12-23)36(43)51-40(37(44)45)17-7-6-10-27(20-40)39-35(42)28-18-25-8-4-5-9-26(25)19-31(28)50-22-47-2/h4-5,8-9,11-16,18-19,27H,6-7,10,17,20-22H2,1-3H3,(H-,39,42,44,45)/p+1. The summed E-state index contributed by atoms with van der Waals surface area (Å²) in [5, 5.41) is 15.0. The average molecular weight is 706 g/mol. The van der Waals surface area contributed by atoms with Gasteiger partial charge in [-0.3, -0.25) is 14.4 Å². The van der Waals surface area contributed by atoms with E-state index in [4.69, 9.17) is 28.5 Å². The molecule has 4 aromatic carbocycles. The second-order valence-electron chi connectivity index (χ2n) is 11.8. The number of halogens is 1. The number of hydroxylamine groups is 3. The molecule has 1 heterocycles. The lowest BCUT2D eigenvalue weighted by Gasteiger charge is -2.30. The smallest absolute Gasteiger partial charge is 0.494 e. The molecule has 2 amide bonds. The fourth-order valence-corrected chi connectivity index (χ4v) is 5.88. The molecule has 1 aliphatic rings. The number of fused-ring (bicyclic) bond motifs is 1. The Morgan fingerprint density at radius 3 is 2.10 bits per heavy atom. The van der Waals surface area contributed by atoms with Gasteiger partial charge in [-0.05, 0) is 64.7 Å². The van der Waals surface area contributed by atoms with Gasteiger partial charge < -0.3 is 34.1 Å². The number of hydrogen-bond donors (Lipinski definition) is 2. The molecule has 0 spiro atoms. The van der Waals surface area contributed by atoms with Crippen LogP contribution >= 0.6 is 0 Å². The number of methoxy groups -OCH3 is 3. The zero-order valence-corrected chi connectivity index (χ0v) is 28.3. The van der Waals surface area contributed by atoms with Gasteiger partial charge in [-0.15, -0.1) is 0 Å². The molecule has 2 unspecified atom stereocenters. The topological polar surface area (TPSA) is 156 Å². The summed E-state index contributed by atoms with van der Waals surface area (Å²) < 4.78 is 40.1. The van der Waals surface area contributed by atoms with Gasteiger partial charge in [-0.1, -0.05) is 36.4 Å². The molecule has 5 rings (SSSR count). The molecule has 1 saturated heterocycles. The fourth-order valence-electron chi connectivity index (χ4n) is 5.88. The van der Waals surface area contributed by atoms with E-state index in [1.54, 1.807) is 12.1 Å². The quantitative estimate of drug-likeness (QED) is 0.105. The Kier molecular flexibility index (Phi) is 11.8. The van der Waals surface area contributed by atoms with Crippen molar-refractivity contribution in [2.75, 3.05) is 48.0 Å². The largest absolute Gasteiger partial charge is 0.556 e. The van der Waals surface area contributed by atoms with E-state index in [0.29, 0.717) is 25.0 Å². The third kappa shape index (κ3) is 8.26. The van der Waals surface area contributed by atoms with E-state index in [-0.39, 0.29) is 54.9 Å². The molecule has 0 aromatic heterocycles. The molecule has 2 atom stereocenters. The third-order valence-electron chi connectivity index (χ3n) is 8.43. The highest BCUT2D eigenvalue weighted by Crippen LogP contribution is 2.32. The van der Waals surface area contributed by atoms with E-state index < -0.39 is 45.8 Å². The van der Waals surface area contributed by atoms with Crippen molar-refractivity contribution in [3.05, 3.63) is 101 Å². The van der Waals surface area contributed by atoms with Crippen molar-refractivity contribution in [1.29, 1.82) is 0 Å². The predicted octanol–water partition coefficient (Wildman–Crippen LogP) is 5.73. The van der Waals surface area contributed by atoms with E-state index in [1.807, 2.05) is 24.3 Å². The lowest BCUT2D eigenvalue weighted by molar-refractivity contribution is -1.03. The fraction of sp³-hybridized carbons (Fsp3) is 0.297. The van der Waals surface area contributed by atoms with Crippen LogP contribution in [0.5, 0.6) is 17.2 Å². The van der Waals surface area contributed by atoms with E-state index in [9.17, 15) is 24.3 Å². The minimum absolute atomic E-state index is 0.0168. The Balaban J connectivity index is 1.34. The number of carbonyl (C=O) groups excluding carboxylic acids is 3. The van der Waals surface area contributed by atoms with Crippen LogP contribution in [0.3, 0.4) is 0 Å². The highest BCUT2D eigenvalue weighted by Gasteiger charge is 2.47. The first kappa shape index (κ1) is 36.7. The SMILES string of the molecule is COCOc1cc2ccccc2cc1C(=O)NC1CCCC[N+](OC(=O)c2ccc(C(=O)c3c(OCOC)ccc(OC)c3F)cc2)(C(=O)O)C1. The summed E-state index contributed by atoms with van der Waals surface area (Å²) in [6, 6.07) is 18.0. The van der Waals surface area contributed by atoms with Gasteiger partial charge in [-0.25, -0.2) is 9.18 Å². The first-order chi connectivity index (χ1) is 24.6. The van der Waals surface area contributed by atoms with Gasteiger partial charge in [0.15, 0.2) is 37.5 Å². The molecule has 51 heavy (non-hydrogen) atoms. The summed E-state index contributed by atoms with van der Waals surface area (Å²) in [6.07, 6.45) is -0.0134. The van der Waals surface area contributed by atoms with E-state index >= 15 is 4.39 Å². The van der Waals surface area contributed by atoms with E-state index in [1.165, 1.54) is 57.7 Å². The second kappa shape index (κ2) is 16.4. The normalized spacial score (nSPS) is 17.2. The van der Waals surface area contributed by atoms with Crippen molar-refractivity contribution in [2.24, 2.45) is 0 Å². The Labute approximate surface area is 292 Å². The number of ether oxygens (including phenoxy) is 5. The van der Waals surface area contributed by atoms with E-state index in [0.717, 1.165) is 10.8 Å². The van der Waals surface area contributed by atoms with Crippen LogP contribution in [0, 0.1) is 5.82 Å². The number of nitrogens with one attached hydrogen (secondary N) is 1. The maximum atomic E-state index is 15.2. The van der Waals surface area contributed by atoms with Crippen molar-refractivity contribution in [3.63, 3.8) is 0 Å². The molecule has 0 aliphatic carbocycles. The highest BCUT2D eigenvalue weighted by molar-refractivity contribution is 6.11. The minimum atomic E-state index is -1.41. The Morgan fingerprint density at radius 1 is 0.824 bits per heavy atom. The molecule has 268 valence electrons. The molecule has 0 saturated carbocycles. The van der Waals surface area contributed by atoms with Crippen LogP contribution < -0.4 is 19.5 Å². The number of rotatable bonds is 12. The first-order valence-electron chi connectivity index (χ1n) is 16.0. The molecule has 13 nitrogen and oxygen atoms in total. The number of carboxylic acid groups (broad SMARTS) is 1. The summed E-state index contributed by atoms with van der Waals surface area (Å²) in [4.78, 5) is 58.8. The number of benzene rings is 4. The van der Waals surface area contributed by atoms with Gasteiger partial charge >= 0.3 is 12.1 Å². The summed E-state index contributed by atoms with van der Waals surface area (Å²) >= 11 is 0. The average Bonchev–Trinajstić information content (AvgIpc) is 3.34. The minimum Gasteiger partial charge on any atom is -0.494 e. The van der Waals surface area contributed by atoms with Gasteiger partial charge in [0.05, 0.1) is 24.3 Å². The molecule has 1 fully saturated rings. The van der Waals surface area contributed by atoms with Crippen LogP contribution in [-0.2, 0) is 14.3 Å². The number of quaternary nitrogens is 1. The number of nitrogens with zero attached hydrogens (tertiary/aromatic N) is 1. The molecule has 4 aromatic rings. The number of hydrogen-bond acceptors (Lipinski definition) is 10. The van der Waals surface area contributed by atoms with Gasteiger partial charge in [-0.2, -0.15) is 4.79 Å². The maximum absolute atomic E-state index is 15.2. The van der Waals surface area contributed by atoms with Crippen LogP contribution in [0.2, 0.25) is 0 Å². The molecule has 1 aliphatic heterocycles. The summed E-state index contributed by atoms with van der Waals surface area (Å²) in [7, 11) is 4.10. The van der Waals surface area contributed by atoms with Crippen molar-refractivity contribution >= 4 is 34.5 Å². The van der Waals surface area contributed by atoms with Crippen LogP contribution in [0.25, 0.3) is 10.8 Å². The second-order valence-corrected chi connectivity index (χ2v) is 11.8. The zero-order chi connectivity index (χ0) is 36.5. The van der Waals surface area contributed by atoms with Gasteiger partial charge in [0.25, 0.3) is 5.91 Å². The maximum Gasteiger partial charge on any atom is 0.556 e. The Morgan fingerprint density at radius 2 is 1.45 bits per heavy atom. The Bertz CT molecular complexity index is 1920. The molecule has 14 heteroatoms.